The first-order chi connectivity index (χ1) is 11.2. The lowest BCUT2D eigenvalue weighted by molar-refractivity contribution is 0.0960. The molecule has 0 spiro atoms. The Bertz CT molecular complexity index is 834. The summed E-state index contributed by atoms with van der Waals surface area (Å²) in [5.74, 6) is 0.544. The van der Waals surface area contributed by atoms with Crippen molar-refractivity contribution in [3.63, 3.8) is 0 Å². The van der Waals surface area contributed by atoms with Gasteiger partial charge in [0.2, 0.25) is 0 Å². The Kier molecular flexibility index (Phi) is 3.97. The molecule has 0 aliphatic heterocycles. The van der Waals surface area contributed by atoms with Gasteiger partial charge >= 0.3 is 0 Å². The van der Waals surface area contributed by atoms with Gasteiger partial charge in [0.05, 0.1) is 6.26 Å². The molecule has 1 aromatic carbocycles. The molecule has 2 aromatic heterocycles. The van der Waals surface area contributed by atoms with E-state index in [2.05, 4.69) is 10.6 Å². The summed E-state index contributed by atoms with van der Waals surface area (Å²) >= 11 is 0. The summed E-state index contributed by atoms with van der Waals surface area (Å²) in [7, 11) is 1.55. The average molecular weight is 310 g/mol. The number of hydrogen-bond donors (Lipinski definition) is 2. The summed E-state index contributed by atoms with van der Waals surface area (Å²) in [4.78, 5) is 23.8. The Morgan fingerprint density at radius 3 is 2.57 bits per heavy atom. The molecule has 0 fully saturated rings. The molecule has 23 heavy (non-hydrogen) atoms. The molecule has 0 atom stereocenters. The van der Waals surface area contributed by atoms with Crippen molar-refractivity contribution in [3.8, 4) is 11.5 Å². The molecule has 0 saturated carbocycles. The molecule has 2 amide bonds. The van der Waals surface area contributed by atoms with Gasteiger partial charge in [-0.2, -0.15) is 0 Å². The number of benzene rings is 1. The Morgan fingerprint density at radius 1 is 0.957 bits per heavy atom. The van der Waals surface area contributed by atoms with E-state index in [0.717, 1.165) is 0 Å². The minimum absolute atomic E-state index is 0.154. The lowest BCUT2D eigenvalue weighted by Gasteiger charge is -2.05. The van der Waals surface area contributed by atoms with E-state index in [9.17, 15) is 9.59 Å². The standard InChI is InChI=1S/C17H14N2O4/c1-18-16(20)11-4-2-5-12(10-11)19-17(21)15-8-7-14(23-15)13-6-3-9-22-13/h2-10H,1H3,(H,18,20)(H,19,21). The van der Waals surface area contributed by atoms with Gasteiger partial charge in [0.25, 0.3) is 11.8 Å². The smallest absolute Gasteiger partial charge is 0.291 e. The van der Waals surface area contributed by atoms with Crippen molar-refractivity contribution in [1.82, 2.24) is 5.32 Å². The number of furan rings is 2. The summed E-state index contributed by atoms with van der Waals surface area (Å²) in [6, 6.07) is 13.3. The molecule has 0 unspecified atom stereocenters. The summed E-state index contributed by atoms with van der Waals surface area (Å²) in [5.41, 5.74) is 0.966. The highest BCUT2D eigenvalue weighted by Gasteiger charge is 2.14. The van der Waals surface area contributed by atoms with Gasteiger partial charge in [0, 0.05) is 18.3 Å². The third-order valence-corrected chi connectivity index (χ3v) is 3.20. The monoisotopic (exact) mass is 310 g/mol. The average Bonchev–Trinajstić information content (AvgIpc) is 3.25. The van der Waals surface area contributed by atoms with Crippen molar-refractivity contribution in [2.75, 3.05) is 12.4 Å². The highest BCUT2D eigenvalue weighted by Crippen LogP contribution is 2.23. The fourth-order valence-electron chi connectivity index (χ4n) is 2.09. The predicted molar refractivity (Wildman–Crippen MR) is 84.2 cm³/mol. The molecule has 2 heterocycles. The normalized spacial score (nSPS) is 10.3. The number of rotatable bonds is 4. The van der Waals surface area contributed by atoms with Crippen molar-refractivity contribution in [1.29, 1.82) is 0 Å². The number of carbonyl (C=O) groups excluding carboxylic acids is 2. The van der Waals surface area contributed by atoms with Crippen molar-refractivity contribution < 1.29 is 18.4 Å². The van der Waals surface area contributed by atoms with E-state index in [1.165, 1.54) is 6.26 Å². The Hall–Kier alpha value is -3.28. The van der Waals surface area contributed by atoms with Gasteiger partial charge in [-0.3, -0.25) is 9.59 Å². The zero-order valence-electron chi connectivity index (χ0n) is 12.3. The molecule has 116 valence electrons. The Labute approximate surface area is 132 Å². The molecular formula is C17H14N2O4. The van der Waals surface area contributed by atoms with Crippen molar-refractivity contribution in [2.24, 2.45) is 0 Å². The SMILES string of the molecule is CNC(=O)c1cccc(NC(=O)c2ccc(-c3ccco3)o2)c1. The molecule has 2 N–H and O–H groups in total. The summed E-state index contributed by atoms with van der Waals surface area (Å²) in [5, 5.41) is 5.22. The topological polar surface area (TPSA) is 84.5 Å². The van der Waals surface area contributed by atoms with E-state index in [0.29, 0.717) is 22.8 Å². The van der Waals surface area contributed by atoms with Crippen LogP contribution in [-0.2, 0) is 0 Å². The van der Waals surface area contributed by atoms with E-state index in [-0.39, 0.29) is 11.7 Å². The second-order valence-corrected chi connectivity index (χ2v) is 4.76. The van der Waals surface area contributed by atoms with E-state index >= 15 is 0 Å². The largest absolute Gasteiger partial charge is 0.461 e. The van der Waals surface area contributed by atoms with Crippen LogP contribution in [0, 0.1) is 0 Å². The second kappa shape index (κ2) is 6.23. The maximum Gasteiger partial charge on any atom is 0.291 e. The van der Waals surface area contributed by atoms with Crippen molar-refractivity contribution in [2.45, 2.75) is 0 Å². The van der Waals surface area contributed by atoms with Crippen LogP contribution in [0.3, 0.4) is 0 Å². The summed E-state index contributed by atoms with van der Waals surface area (Å²) < 4.78 is 10.7. The first-order valence-corrected chi connectivity index (χ1v) is 6.94. The van der Waals surface area contributed by atoms with Crippen LogP contribution < -0.4 is 10.6 Å². The lowest BCUT2D eigenvalue weighted by atomic mass is 10.2. The van der Waals surface area contributed by atoms with Crippen LogP contribution in [0.25, 0.3) is 11.5 Å². The van der Waals surface area contributed by atoms with Gasteiger partial charge < -0.3 is 19.5 Å². The van der Waals surface area contributed by atoms with Crippen LogP contribution in [0.2, 0.25) is 0 Å². The van der Waals surface area contributed by atoms with Gasteiger partial charge in [-0.15, -0.1) is 0 Å². The molecule has 6 heteroatoms. The van der Waals surface area contributed by atoms with E-state index in [1.54, 1.807) is 55.6 Å². The maximum atomic E-state index is 12.2. The van der Waals surface area contributed by atoms with Crippen LogP contribution >= 0.6 is 0 Å². The molecule has 3 rings (SSSR count). The number of amides is 2. The fraction of sp³-hybridized carbons (Fsp3) is 0.0588. The summed E-state index contributed by atoms with van der Waals surface area (Å²) in [6.07, 6.45) is 1.53. The van der Waals surface area contributed by atoms with E-state index in [4.69, 9.17) is 8.83 Å². The van der Waals surface area contributed by atoms with Crippen LogP contribution in [-0.4, -0.2) is 18.9 Å². The molecule has 0 aliphatic carbocycles. The maximum absolute atomic E-state index is 12.2. The fourth-order valence-corrected chi connectivity index (χ4v) is 2.09. The molecule has 0 aliphatic rings. The third kappa shape index (κ3) is 3.16. The summed E-state index contributed by atoms with van der Waals surface area (Å²) in [6.45, 7) is 0. The van der Waals surface area contributed by atoms with Crippen LogP contribution in [0.4, 0.5) is 5.69 Å². The predicted octanol–water partition coefficient (Wildman–Crippen LogP) is 3.15. The number of nitrogens with one attached hydrogen (secondary N) is 2. The van der Waals surface area contributed by atoms with Gasteiger partial charge in [-0.25, -0.2) is 0 Å². The zero-order valence-corrected chi connectivity index (χ0v) is 12.3. The minimum atomic E-state index is -0.406. The van der Waals surface area contributed by atoms with Gasteiger partial charge in [-0.1, -0.05) is 6.07 Å². The van der Waals surface area contributed by atoms with Crippen molar-refractivity contribution in [3.05, 3.63) is 66.1 Å². The van der Waals surface area contributed by atoms with Crippen LogP contribution in [0.1, 0.15) is 20.9 Å². The highest BCUT2D eigenvalue weighted by molar-refractivity contribution is 6.03. The van der Waals surface area contributed by atoms with Gasteiger partial charge in [0.15, 0.2) is 17.3 Å². The first-order valence-electron chi connectivity index (χ1n) is 6.94. The quantitative estimate of drug-likeness (QED) is 0.775. The number of hydrogen-bond acceptors (Lipinski definition) is 4. The third-order valence-electron chi connectivity index (χ3n) is 3.20. The van der Waals surface area contributed by atoms with Crippen molar-refractivity contribution >= 4 is 17.5 Å². The first kappa shape index (κ1) is 14.6. The van der Waals surface area contributed by atoms with Gasteiger partial charge in [0.1, 0.15) is 0 Å². The minimum Gasteiger partial charge on any atom is -0.461 e. The Balaban J connectivity index is 1.76. The second-order valence-electron chi connectivity index (χ2n) is 4.76. The number of carbonyl (C=O) groups is 2. The van der Waals surface area contributed by atoms with Crippen LogP contribution in [0.5, 0.6) is 0 Å². The highest BCUT2D eigenvalue weighted by atomic mass is 16.4. The zero-order chi connectivity index (χ0) is 16.2. The number of anilines is 1. The molecule has 0 radical (unpaired) electrons. The Morgan fingerprint density at radius 2 is 1.83 bits per heavy atom. The van der Waals surface area contributed by atoms with Crippen LogP contribution in [0.15, 0.2) is 63.6 Å². The molecule has 6 nitrogen and oxygen atoms in total. The van der Waals surface area contributed by atoms with E-state index < -0.39 is 5.91 Å². The van der Waals surface area contributed by atoms with E-state index in [1.807, 2.05) is 0 Å². The molecule has 0 saturated heterocycles. The van der Waals surface area contributed by atoms with Gasteiger partial charge in [-0.05, 0) is 42.5 Å². The molecule has 0 bridgehead atoms. The molecular weight excluding hydrogens is 296 g/mol. The lowest BCUT2D eigenvalue weighted by Crippen LogP contribution is -2.18. The molecule has 3 aromatic rings.